The van der Waals surface area contributed by atoms with E-state index < -0.39 is 29.8 Å². The Hall–Kier alpha value is -2.41. The molecule has 1 saturated heterocycles. The maximum atomic E-state index is 14.1. The topological polar surface area (TPSA) is 58.6 Å². The number of alkyl halides is 1. The first-order chi connectivity index (χ1) is 14.9. The van der Waals surface area contributed by atoms with Crippen molar-refractivity contribution in [2.75, 3.05) is 11.9 Å². The number of amides is 2. The minimum atomic E-state index is -1.26. The summed E-state index contributed by atoms with van der Waals surface area (Å²) in [4.78, 5) is 26.7. The molecule has 5 nitrogen and oxygen atoms in total. The Morgan fingerprint density at radius 3 is 2.41 bits per heavy atom. The van der Waals surface area contributed by atoms with E-state index in [-0.39, 0.29) is 18.4 Å². The van der Waals surface area contributed by atoms with E-state index in [2.05, 4.69) is 47.2 Å². The summed E-state index contributed by atoms with van der Waals surface area (Å²) in [6.07, 6.45) is -1.97. The zero-order chi connectivity index (χ0) is 23.4. The molecule has 0 aromatic heterocycles. The number of nitrogens with zero attached hydrogens (tertiary/aromatic N) is 1. The number of anilines is 1. The number of carbonyl (C=O) groups excluding carboxylic acids is 2. The van der Waals surface area contributed by atoms with Crippen LogP contribution in [0.1, 0.15) is 52.2 Å². The molecule has 170 valence electrons. The molecule has 1 fully saturated rings. The van der Waals surface area contributed by atoms with Crippen molar-refractivity contribution in [2.24, 2.45) is 0 Å². The fourth-order valence-corrected chi connectivity index (χ4v) is 4.93. The van der Waals surface area contributed by atoms with E-state index in [4.69, 9.17) is 4.74 Å². The molecule has 0 unspecified atom stereocenters. The summed E-state index contributed by atoms with van der Waals surface area (Å²) >= 11 is 3.56. The molecule has 1 N–H and O–H groups in total. The Balaban J connectivity index is 1.57. The fraction of sp³-hybridized carbons (Fsp3) is 0.440. The van der Waals surface area contributed by atoms with Crippen LogP contribution >= 0.6 is 15.9 Å². The lowest BCUT2D eigenvalue weighted by molar-refractivity contribution is -0.120. The third kappa shape index (κ3) is 4.15. The van der Waals surface area contributed by atoms with Gasteiger partial charge in [0.2, 0.25) is 5.91 Å². The predicted octanol–water partition coefficient (Wildman–Crippen LogP) is 6.04. The monoisotopic (exact) mass is 502 g/mol. The Bertz CT molecular complexity index is 1090. The molecular weight excluding hydrogens is 475 g/mol. The molecule has 4 rings (SSSR count). The molecule has 1 aliphatic carbocycles. The first-order valence-electron chi connectivity index (χ1n) is 10.8. The van der Waals surface area contributed by atoms with Gasteiger partial charge >= 0.3 is 6.09 Å². The first kappa shape index (κ1) is 22.8. The summed E-state index contributed by atoms with van der Waals surface area (Å²) in [7, 11) is 0. The van der Waals surface area contributed by atoms with Gasteiger partial charge in [0.25, 0.3) is 0 Å². The molecule has 2 atom stereocenters. The lowest BCUT2D eigenvalue weighted by atomic mass is 9.82. The van der Waals surface area contributed by atoms with Crippen LogP contribution in [0, 0.1) is 0 Å². The fourth-order valence-electron chi connectivity index (χ4n) is 4.57. The number of rotatable bonds is 2. The molecule has 1 aliphatic heterocycles. The van der Waals surface area contributed by atoms with E-state index in [1.54, 1.807) is 20.8 Å². The van der Waals surface area contributed by atoms with E-state index in [1.165, 1.54) is 16.0 Å². The third-order valence-corrected chi connectivity index (χ3v) is 6.58. The number of hydrogen-bond donors (Lipinski definition) is 1. The van der Waals surface area contributed by atoms with Crippen molar-refractivity contribution in [1.29, 1.82) is 0 Å². The Kier molecular flexibility index (Phi) is 5.60. The second kappa shape index (κ2) is 7.87. The highest BCUT2D eigenvalue weighted by atomic mass is 79.9. The average Bonchev–Trinajstić information content (AvgIpc) is 3.17. The van der Waals surface area contributed by atoms with Crippen LogP contribution in [0.15, 0.2) is 40.9 Å². The van der Waals surface area contributed by atoms with Gasteiger partial charge in [-0.3, -0.25) is 9.69 Å². The number of carbonyl (C=O) groups is 2. The molecule has 2 amide bonds. The number of hydrogen-bond acceptors (Lipinski definition) is 3. The van der Waals surface area contributed by atoms with Gasteiger partial charge in [-0.2, -0.15) is 0 Å². The number of benzene rings is 2. The van der Waals surface area contributed by atoms with Crippen molar-refractivity contribution < 1.29 is 18.7 Å². The van der Waals surface area contributed by atoms with E-state index >= 15 is 0 Å². The summed E-state index contributed by atoms with van der Waals surface area (Å²) < 4.78 is 20.5. The zero-order valence-electron chi connectivity index (χ0n) is 19.0. The number of nitrogens with one attached hydrogen (secondary N) is 1. The summed E-state index contributed by atoms with van der Waals surface area (Å²) in [5, 5.41) is 2.89. The lowest BCUT2D eigenvalue weighted by Gasteiger charge is -2.28. The van der Waals surface area contributed by atoms with Crippen LogP contribution in [0.5, 0.6) is 0 Å². The Morgan fingerprint density at radius 2 is 1.75 bits per heavy atom. The first-order valence-corrected chi connectivity index (χ1v) is 11.6. The van der Waals surface area contributed by atoms with Crippen molar-refractivity contribution in [3.8, 4) is 11.1 Å². The summed E-state index contributed by atoms with van der Waals surface area (Å²) in [5.74, 6) is -0.410. The minimum Gasteiger partial charge on any atom is -0.444 e. The zero-order valence-corrected chi connectivity index (χ0v) is 20.5. The summed E-state index contributed by atoms with van der Waals surface area (Å²) in [5.41, 5.74) is 4.32. The highest BCUT2D eigenvalue weighted by Crippen LogP contribution is 2.50. The lowest BCUT2D eigenvalue weighted by Crippen LogP contribution is -2.45. The van der Waals surface area contributed by atoms with Crippen molar-refractivity contribution in [3.05, 3.63) is 52.0 Å². The molecule has 0 saturated carbocycles. The second-order valence-corrected chi connectivity index (χ2v) is 11.0. The standard InChI is InChI=1S/C25H28BrFN2O3/c1-24(2,3)32-23(31)29-13-15(27)11-21(29)22(30)28-16-7-9-18-17-8-6-14(26)10-19(17)25(4,5)20(18)12-16/h6-10,12,15,21H,11,13H2,1-5H3,(H,28,30)/t15-,21-/m0/s1. The molecule has 0 radical (unpaired) electrons. The highest BCUT2D eigenvalue weighted by molar-refractivity contribution is 9.10. The Labute approximate surface area is 196 Å². The average molecular weight is 503 g/mol. The molecule has 32 heavy (non-hydrogen) atoms. The molecular formula is C25H28BrFN2O3. The SMILES string of the molecule is CC(C)(C)OC(=O)N1C[C@@H](F)C[C@H]1C(=O)Nc1ccc2c(c1)C(C)(C)c1cc(Br)ccc1-2. The van der Waals surface area contributed by atoms with Gasteiger partial charge in [0, 0.05) is 22.0 Å². The second-order valence-electron chi connectivity index (χ2n) is 10.0. The van der Waals surface area contributed by atoms with Gasteiger partial charge in [-0.25, -0.2) is 9.18 Å². The van der Waals surface area contributed by atoms with Crippen LogP contribution in [0.4, 0.5) is 14.9 Å². The van der Waals surface area contributed by atoms with Crippen LogP contribution in [-0.2, 0) is 14.9 Å². The number of likely N-dealkylation sites (tertiary alicyclic amines) is 1. The Morgan fingerprint density at radius 1 is 1.12 bits per heavy atom. The molecule has 0 spiro atoms. The minimum absolute atomic E-state index is 0.0407. The largest absolute Gasteiger partial charge is 0.444 e. The molecule has 2 aliphatic rings. The van der Waals surface area contributed by atoms with Gasteiger partial charge in [0.05, 0.1) is 6.54 Å². The number of halogens is 2. The van der Waals surface area contributed by atoms with Gasteiger partial charge in [-0.05, 0) is 67.3 Å². The quantitative estimate of drug-likeness (QED) is 0.544. The maximum absolute atomic E-state index is 14.1. The molecule has 2 aromatic carbocycles. The van der Waals surface area contributed by atoms with Crippen LogP contribution in [0.3, 0.4) is 0 Å². The van der Waals surface area contributed by atoms with Gasteiger partial charge in [-0.1, -0.05) is 41.9 Å². The number of ether oxygens (including phenoxy) is 1. The van der Waals surface area contributed by atoms with Gasteiger partial charge in [0.15, 0.2) is 0 Å². The van der Waals surface area contributed by atoms with Crippen LogP contribution in [0.2, 0.25) is 0 Å². The molecule has 0 bridgehead atoms. The summed E-state index contributed by atoms with van der Waals surface area (Å²) in [6, 6.07) is 11.2. The van der Waals surface area contributed by atoms with Crippen LogP contribution in [0.25, 0.3) is 11.1 Å². The molecule has 1 heterocycles. The van der Waals surface area contributed by atoms with Crippen molar-refractivity contribution in [2.45, 2.75) is 64.3 Å². The van der Waals surface area contributed by atoms with E-state index in [0.717, 1.165) is 15.6 Å². The van der Waals surface area contributed by atoms with Crippen molar-refractivity contribution in [1.82, 2.24) is 4.90 Å². The third-order valence-electron chi connectivity index (χ3n) is 6.09. The normalized spacial score (nSPS) is 21.2. The van der Waals surface area contributed by atoms with E-state index in [1.807, 2.05) is 24.3 Å². The van der Waals surface area contributed by atoms with Crippen LogP contribution < -0.4 is 5.32 Å². The molecule has 7 heteroatoms. The maximum Gasteiger partial charge on any atom is 0.411 e. The van der Waals surface area contributed by atoms with E-state index in [9.17, 15) is 14.0 Å². The van der Waals surface area contributed by atoms with Crippen LogP contribution in [-0.4, -0.2) is 41.3 Å². The van der Waals surface area contributed by atoms with Crippen molar-refractivity contribution >= 4 is 33.6 Å². The number of fused-ring (bicyclic) bond motifs is 3. The molecule has 2 aromatic rings. The summed E-state index contributed by atoms with van der Waals surface area (Å²) in [6.45, 7) is 9.40. The van der Waals surface area contributed by atoms with Crippen molar-refractivity contribution in [3.63, 3.8) is 0 Å². The van der Waals surface area contributed by atoms with E-state index in [0.29, 0.717) is 5.69 Å². The van der Waals surface area contributed by atoms with Gasteiger partial charge in [0.1, 0.15) is 17.8 Å². The predicted molar refractivity (Wildman–Crippen MR) is 127 cm³/mol. The smallest absolute Gasteiger partial charge is 0.411 e. The van der Waals surface area contributed by atoms with Gasteiger partial charge < -0.3 is 10.1 Å². The highest BCUT2D eigenvalue weighted by Gasteiger charge is 2.42. The van der Waals surface area contributed by atoms with Gasteiger partial charge in [-0.15, -0.1) is 0 Å².